The molecule has 0 unspecified atom stereocenters. The summed E-state index contributed by atoms with van der Waals surface area (Å²) in [5.41, 5.74) is 7.30. The van der Waals surface area contributed by atoms with Crippen LogP contribution in [0.25, 0.3) is 16.6 Å². The van der Waals surface area contributed by atoms with Crippen LogP contribution in [-0.4, -0.2) is 18.9 Å². The van der Waals surface area contributed by atoms with Crippen molar-refractivity contribution < 1.29 is 0 Å². The van der Waals surface area contributed by atoms with E-state index >= 15 is 0 Å². The molecule has 0 amide bonds. The van der Waals surface area contributed by atoms with Gasteiger partial charge in [-0.1, -0.05) is 0 Å². The van der Waals surface area contributed by atoms with Crippen LogP contribution in [0.3, 0.4) is 0 Å². The summed E-state index contributed by atoms with van der Waals surface area (Å²) in [6, 6.07) is 3.57. The Labute approximate surface area is 115 Å². The van der Waals surface area contributed by atoms with Gasteiger partial charge < -0.3 is 10.3 Å². The molecule has 100 valence electrons. The Morgan fingerprint density at radius 1 is 1.32 bits per heavy atom. The third-order valence-corrected chi connectivity index (χ3v) is 3.12. The molecule has 0 saturated carbocycles. The summed E-state index contributed by atoms with van der Waals surface area (Å²) in [6.07, 6.45) is 5.18. The predicted octanol–water partition coefficient (Wildman–Crippen LogP) is 1.07. The first-order valence-electron chi connectivity index (χ1n) is 5.53. The summed E-state index contributed by atoms with van der Waals surface area (Å²) in [7, 11) is 3.65. The molecular formula is C12H14ClN5O. The first kappa shape index (κ1) is 13.2. The molecule has 7 heteroatoms. The van der Waals surface area contributed by atoms with Crippen molar-refractivity contribution in [2.24, 2.45) is 14.1 Å². The van der Waals surface area contributed by atoms with Gasteiger partial charge in [0.15, 0.2) is 0 Å². The number of fused-ring (bicyclic) bond motifs is 1. The maximum Gasteiger partial charge on any atom is 0.264 e. The highest BCUT2D eigenvalue weighted by Gasteiger charge is 2.10. The molecule has 0 bridgehead atoms. The zero-order valence-corrected chi connectivity index (χ0v) is 11.4. The fourth-order valence-corrected chi connectivity index (χ4v) is 2.09. The molecule has 2 N–H and O–H groups in total. The van der Waals surface area contributed by atoms with Gasteiger partial charge in [0.1, 0.15) is 5.82 Å². The van der Waals surface area contributed by atoms with Gasteiger partial charge in [-0.05, 0) is 12.1 Å². The topological polar surface area (TPSA) is 70.8 Å². The molecule has 0 aliphatic heterocycles. The van der Waals surface area contributed by atoms with Gasteiger partial charge >= 0.3 is 0 Å². The number of aryl methyl sites for hydroxylation is 2. The SMILES string of the molecule is Cl.Cn1cc(-n2ccc3c(cc(N)n3C)c2=O)cn1. The lowest BCUT2D eigenvalue weighted by molar-refractivity contribution is 0.767. The van der Waals surface area contributed by atoms with Crippen LogP contribution in [0.5, 0.6) is 0 Å². The molecule has 3 rings (SSSR count). The number of aromatic nitrogens is 4. The summed E-state index contributed by atoms with van der Waals surface area (Å²) >= 11 is 0. The Bertz CT molecular complexity index is 798. The minimum Gasteiger partial charge on any atom is -0.385 e. The first-order chi connectivity index (χ1) is 8.58. The van der Waals surface area contributed by atoms with Crippen molar-refractivity contribution >= 4 is 29.1 Å². The maximum atomic E-state index is 12.4. The Morgan fingerprint density at radius 2 is 2.05 bits per heavy atom. The molecular weight excluding hydrogens is 266 g/mol. The van der Waals surface area contributed by atoms with Gasteiger partial charge in [-0.3, -0.25) is 14.0 Å². The number of nitrogens with zero attached hydrogens (tertiary/aromatic N) is 4. The number of halogens is 1. The lowest BCUT2D eigenvalue weighted by atomic mass is 10.3. The van der Waals surface area contributed by atoms with E-state index in [0.717, 1.165) is 11.2 Å². The Kier molecular flexibility index (Phi) is 3.11. The second-order valence-electron chi connectivity index (χ2n) is 4.29. The van der Waals surface area contributed by atoms with Crippen LogP contribution in [0.4, 0.5) is 5.82 Å². The second-order valence-corrected chi connectivity index (χ2v) is 4.29. The summed E-state index contributed by atoms with van der Waals surface area (Å²) in [5.74, 6) is 0.575. The first-order valence-corrected chi connectivity index (χ1v) is 5.53. The lowest BCUT2D eigenvalue weighted by Gasteiger charge is -2.03. The standard InChI is InChI=1S/C12H13N5O.ClH/c1-15-7-8(6-14-15)17-4-3-10-9(12(17)18)5-11(13)16(10)2;/h3-7H,13H2,1-2H3;1H. The summed E-state index contributed by atoms with van der Waals surface area (Å²) < 4.78 is 5.02. The molecule has 0 radical (unpaired) electrons. The summed E-state index contributed by atoms with van der Waals surface area (Å²) in [4.78, 5) is 12.4. The van der Waals surface area contributed by atoms with Crippen molar-refractivity contribution in [3.8, 4) is 5.69 Å². The molecule has 0 atom stereocenters. The van der Waals surface area contributed by atoms with E-state index in [4.69, 9.17) is 5.73 Å². The zero-order chi connectivity index (χ0) is 12.9. The average molecular weight is 280 g/mol. The van der Waals surface area contributed by atoms with Crippen LogP contribution in [0.2, 0.25) is 0 Å². The van der Waals surface area contributed by atoms with E-state index in [1.807, 2.05) is 20.2 Å². The lowest BCUT2D eigenvalue weighted by Crippen LogP contribution is -2.16. The predicted molar refractivity (Wildman–Crippen MR) is 76.9 cm³/mol. The number of hydrogen-bond donors (Lipinski definition) is 1. The van der Waals surface area contributed by atoms with Crippen LogP contribution in [0.15, 0.2) is 35.5 Å². The van der Waals surface area contributed by atoms with Gasteiger partial charge in [-0.15, -0.1) is 12.4 Å². The summed E-state index contributed by atoms with van der Waals surface area (Å²) in [5, 5.41) is 4.68. The van der Waals surface area contributed by atoms with Gasteiger partial charge in [0.05, 0.1) is 22.8 Å². The van der Waals surface area contributed by atoms with Crippen molar-refractivity contribution in [1.29, 1.82) is 0 Å². The molecule has 0 aromatic carbocycles. The third-order valence-electron chi connectivity index (χ3n) is 3.12. The molecule has 0 spiro atoms. The monoisotopic (exact) mass is 279 g/mol. The largest absolute Gasteiger partial charge is 0.385 e. The smallest absolute Gasteiger partial charge is 0.264 e. The van der Waals surface area contributed by atoms with Crippen LogP contribution in [0.1, 0.15) is 0 Å². The van der Waals surface area contributed by atoms with Gasteiger partial charge in [0, 0.05) is 26.5 Å². The van der Waals surface area contributed by atoms with Gasteiger partial charge in [0.2, 0.25) is 0 Å². The van der Waals surface area contributed by atoms with Crippen molar-refractivity contribution in [1.82, 2.24) is 18.9 Å². The number of nitrogens with two attached hydrogens (primary N) is 1. The molecule has 3 aromatic heterocycles. The average Bonchev–Trinajstić information content (AvgIpc) is 2.87. The van der Waals surface area contributed by atoms with Crippen LogP contribution < -0.4 is 11.3 Å². The number of nitrogen functional groups attached to an aromatic ring is 1. The quantitative estimate of drug-likeness (QED) is 0.724. The number of rotatable bonds is 1. The molecule has 6 nitrogen and oxygen atoms in total. The van der Waals surface area contributed by atoms with E-state index in [0.29, 0.717) is 11.2 Å². The van der Waals surface area contributed by atoms with E-state index in [2.05, 4.69) is 5.10 Å². The Morgan fingerprint density at radius 3 is 2.68 bits per heavy atom. The van der Waals surface area contributed by atoms with Crippen molar-refractivity contribution in [3.63, 3.8) is 0 Å². The number of anilines is 1. The van der Waals surface area contributed by atoms with Crippen molar-refractivity contribution in [2.45, 2.75) is 0 Å². The Hall–Kier alpha value is -2.21. The van der Waals surface area contributed by atoms with Crippen LogP contribution >= 0.6 is 12.4 Å². The zero-order valence-electron chi connectivity index (χ0n) is 10.6. The minimum atomic E-state index is -0.0900. The molecule has 3 heterocycles. The van der Waals surface area contributed by atoms with Gasteiger partial charge in [0.25, 0.3) is 5.56 Å². The molecule has 0 aliphatic rings. The van der Waals surface area contributed by atoms with Crippen LogP contribution in [-0.2, 0) is 14.1 Å². The van der Waals surface area contributed by atoms with Crippen molar-refractivity contribution in [2.75, 3.05) is 5.73 Å². The number of hydrogen-bond acceptors (Lipinski definition) is 3. The third kappa shape index (κ3) is 1.90. The van der Waals surface area contributed by atoms with Crippen LogP contribution in [0, 0.1) is 0 Å². The normalized spacial score (nSPS) is 10.6. The maximum absolute atomic E-state index is 12.4. The van der Waals surface area contributed by atoms with E-state index in [9.17, 15) is 4.79 Å². The van der Waals surface area contributed by atoms with E-state index in [1.165, 1.54) is 0 Å². The fraction of sp³-hybridized carbons (Fsp3) is 0.167. The Balaban J connectivity index is 0.00000133. The molecule has 0 aliphatic carbocycles. The van der Waals surface area contributed by atoms with E-state index < -0.39 is 0 Å². The highest BCUT2D eigenvalue weighted by molar-refractivity contribution is 5.85. The highest BCUT2D eigenvalue weighted by atomic mass is 35.5. The molecule has 19 heavy (non-hydrogen) atoms. The van der Waals surface area contributed by atoms with Crippen molar-refractivity contribution in [3.05, 3.63) is 41.1 Å². The molecule has 3 aromatic rings. The highest BCUT2D eigenvalue weighted by Crippen LogP contribution is 2.17. The second kappa shape index (κ2) is 4.47. The minimum absolute atomic E-state index is 0. The number of pyridine rings is 1. The summed E-state index contributed by atoms with van der Waals surface area (Å²) in [6.45, 7) is 0. The fourth-order valence-electron chi connectivity index (χ4n) is 2.09. The van der Waals surface area contributed by atoms with Gasteiger partial charge in [-0.2, -0.15) is 5.10 Å². The molecule has 0 saturated heterocycles. The van der Waals surface area contributed by atoms with E-state index in [-0.39, 0.29) is 18.0 Å². The molecule has 0 fully saturated rings. The van der Waals surface area contributed by atoms with E-state index in [1.54, 1.807) is 38.5 Å². The van der Waals surface area contributed by atoms with Gasteiger partial charge in [-0.25, -0.2) is 0 Å².